The molecule has 1 aliphatic heterocycles. The summed E-state index contributed by atoms with van der Waals surface area (Å²) in [4.78, 5) is 27.4. The van der Waals surface area contributed by atoms with E-state index in [1.54, 1.807) is 6.92 Å². The molecule has 1 rings (SSSR count). The van der Waals surface area contributed by atoms with E-state index < -0.39 is 0 Å². The summed E-state index contributed by atoms with van der Waals surface area (Å²) in [5, 5.41) is 0. The van der Waals surface area contributed by atoms with E-state index in [1.165, 1.54) is 0 Å². The number of hydrogen-bond donors (Lipinski definition) is 0. The van der Waals surface area contributed by atoms with Crippen LogP contribution in [0.25, 0.3) is 0 Å². The fraction of sp³-hybridized carbons (Fsp3) is 0.857. The Labute approximate surface area is 115 Å². The van der Waals surface area contributed by atoms with Gasteiger partial charge in [-0.25, -0.2) is 0 Å². The van der Waals surface area contributed by atoms with E-state index in [0.29, 0.717) is 13.2 Å². The number of hydrogen-bond acceptors (Lipinski definition) is 4. The predicted octanol–water partition coefficient (Wildman–Crippen LogP) is 1.27. The van der Waals surface area contributed by atoms with E-state index in [2.05, 4.69) is 11.8 Å². The Kier molecular flexibility index (Phi) is 6.84. The number of rotatable bonds is 5. The van der Waals surface area contributed by atoms with Crippen LogP contribution in [0.2, 0.25) is 0 Å². The Morgan fingerprint density at radius 2 is 1.89 bits per heavy atom. The maximum atomic E-state index is 12.0. The largest absolute Gasteiger partial charge is 0.465 e. The first-order valence-corrected chi connectivity index (χ1v) is 7.26. The van der Waals surface area contributed by atoms with E-state index in [1.807, 2.05) is 11.8 Å². The minimum absolute atomic E-state index is 0.116. The van der Waals surface area contributed by atoms with Crippen molar-refractivity contribution in [2.45, 2.75) is 46.1 Å². The molecule has 1 aliphatic rings. The van der Waals surface area contributed by atoms with Crippen molar-refractivity contribution in [3.63, 3.8) is 0 Å². The summed E-state index contributed by atoms with van der Waals surface area (Å²) in [6.45, 7) is 9.03. The van der Waals surface area contributed by atoms with Gasteiger partial charge in [0.25, 0.3) is 0 Å². The van der Waals surface area contributed by atoms with Crippen LogP contribution in [0.3, 0.4) is 0 Å². The highest BCUT2D eigenvalue weighted by Gasteiger charge is 2.28. The molecule has 110 valence electrons. The average Bonchev–Trinajstić information content (AvgIpc) is 2.61. The lowest BCUT2D eigenvalue weighted by atomic mass is 10.1. The zero-order valence-corrected chi connectivity index (χ0v) is 12.4. The molecule has 1 amide bonds. The Morgan fingerprint density at radius 1 is 1.16 bits per heavy atom. The molecular weight excluding hydrogens is 244 g/mol. The maximum absolute atomic E-state index is 12.0. The zero-order chi connectivity index (χ0) is 14.3. The fourth-order valence-electron chi connectivity index (χ4n) is 2.53. The first-order valence-electron chi connectivity index (χ1n) is 7.26. The predicted molar refractivity (Wildman–Crippen MR) is 73.8 cm³/mol. The Bertz CT molecular complexity index is 307. The molecule has 5 nitrogen and oxygen atoms in total. The molecule has 0 radical (unpaired) electrons. The smallest absolute Gasteiger partial charge is 0.323 e. The van der Waals surface area contributed by atoms with Gasteiger partial charge in [0.05, 0.1) is 6.61 Å². The monoisotopic (exact) mass is 270 g/mol. The third-order valence-electron chi connectivity index (χ3n) is 3.54. The van der Waals surface area contributed by atoms with E-state index in [-0.39, 0.29) is 17.9 Å². The maximum Gasteiger partial charge on any atom is 0.323 e. The van der Waals surface area contributed by atoms with Gasteiger partial charge in [-0.05, 0) is 19.8 Å². The minimum Gasteiger partial charge on any atom is -0.465 e. The number of carbonyl (C=O) groups is 2. The normalized spacial score (nSPS) is 18.8. The summed E-state index contributed by atoms with van der Waals surface area (Å²) in [6, 6.07) is -0.156. The number of esters is 1. The van der Waals surface area contributed by atoms with Crippen molar-refractivity contribution < 1.29 is 14.3 Å². The van der Waals surface area contributed by atoms with Gasteiger partial charge in [-0.1, -0.05) is 13.3 Å². The van der Waals surface area contributed by atoms with Gasteiger partial charge in [0.15, 0.2) is 0 Å². The fourth-order valence-corrected chi connectivity index (χ4v) is 2.53. The van der Waals surface area contributed by atoms with Crippen molar-refractivity contribution in [1.82, 2.24) is 9.80 Å². The van der Waals surface area contributed by atoms with Crippen molar-refractivity contribution in [2.24, 2.45) is 0 Å². The SMILES string of the molecule is CCCC(C(=O)OCC)N1CCCN(C(C)=O)CC1. The van der Waals surface area contributed by atoms with Crippen LogP contribution in [0.5, 0.6) is 0 Å². The molecule has 0 aliphatic carbocycles. The Hall–Kier alpha value is -1.10. The minimum atomic E-state index is -0.156. The van der Waals surface area contributed by atoms with Crippen LogP contribution in [-0.4, -0.2) is 60.5 Å². The van der Waals surface area contributed by atoms with Crippen molar-refractivity contribution in [2.75, 3.05) is 32.8 Å². The van der Waals surface area contributed by atoms with Crippen LogP contribution in [0.15, 0.2) is 0 Å². The van der Waals surface area contributed by atoms with Crippen molar-refractivity contribution in [3.05, 3.63) is 0 Å². The van der Waals surface area contributed by atoms with E-state index in [0.717, 1.165) is 38.9 Å². The van der Waals surface area contributed by atoms with Crippen LogP contribution in [0.4, 0.5) is 0 Å². The van der Waals surface area contributed by atoms with Crippen molar-refractivity contribution in [1.29, 1.82) is 0 Å². The number of amides is 1. The number of carbonyl (C=O) groups excluding carboxylic acids is 2. The van der Waals surface area contributed by atoms with Gasteiger partial charge in [0.2, 0.25) is 5.91 Å². The van der Waals surface area contributed by atoms with E-state index in [4.69, 9.17) is 4.74 Å². The summed E-state index contributed by atoms with van der Waals surface area (Å²) in [7, 11) is 0. The summed E-state index contributed by atoms with van der Waals surface area (Å²) >= 11 is 0. The molecule has 19 heavy (non-hydrogen) atoms. The lowest BCUT2D eigenvalue weighted by molar-refractivity contribution is -0.149. The molecule has 0 N–H and O–H groups in total. The highest BCUT2D eigenvalue weighted by Crippen LogP contribution is 2.13. The molecular formula is C14H26N2O3. The second kappa shape index (κ2) is 8.15. The molecule has 0 saturated carbocycles. The highest BCUT2D eigenvalue weighted by molar-refractivity contribution is 5.76. The molecule has 0 aromatic carbocycles. The van der Waals surface area contributed by atoms with Gasteiger partial charge in [0.1, 0.15) is 6.04 Å². The molecule has 0 aromatic rings. The van der Waals surface area contributed by atoms with Crippen LogP contribution in [-0.2, 0) is 14.3 Å². The Balaban J connectivity index is 2.63. The summed E-state index contributed by atoms with van der Waals surface area (Å²) in [5.74, 6) is -0.00866. The van der Waals surface area contributed by atoms with Crippen molar-refractivity contribution >= 4 is 11.9 Å². The molecule has 1 atom stereocenters. The summed E-state index contributed by atoms with van der Waals surface area (Å²) < 4.78 is 5.16. The standard InChI is InChI=1S/C14H26N2O3/c1-4-7-13(14(18)19-5-2)16-9-6-8-15(10-11-16)12(3)17/h13H,4-11H2,1-3H3. The third kappa shape index (κ3) is 4.82. The molecule has 0 spiro atoms. The van der Waals surface area contributed by atoms with Crippen molar-refractivity contribution in [3.8, 4) is 0 Å². The summed E-state index contributed by atoms with van der Waals surface area (Å²) in [6.07, 6.45) is 2.69. The van der Waals surface area contributed by atoms with Gasteiger partial charge in [-0.2, -0.15) is 0 Å². The molecule has 1 unspecified atom stereocenters. The second-order valence-electron chi connectivity index (χ2n) is 4.95. The number of ether oxygens (including phenoxy) is 1. The zero-order valence-electron chi connectivity index (χ0n) is 12.4. The average molecular weight is 270 g/mol. The second-order valence-corrected chi connectivity index (χ2v) is 4.95. The molecule has 1 fully saturated rings. The van der Waals surface area contributed by atoms with Gasteiger partial charge in [-0.3, -0.25) is 14.5 Å². The van der Waals surface area contributed by atoms with Gasteiger partial charge < -0.3 is 9.64 Å². The molecule has 1 heterocycles. The van der Waals surface area contributed by atoms with Gasteiger partial charge in [-0.15, -0.1) is 0 Å². The van der Waals surface area contributed by atoms with E-state index >= 15 is 0 Å². The summed E-state index contributed by atoms with van der Waals surface area (Å²) in [5.41, 5.74) is 0. The quantitative estimate of drug-likeness (QED) is 0.706. The topological polar surface area (TPSA) is 49.9 Å². The van der Waals surface area contributed by atoms with Gasteiger partial charge in [0, 0.05) is 33.1 Å². The van der Waals surface area contributed by atoms with Crippen LogP contribution < -0.4 is 0 Å². The first-order chi connectivity index (χ1) is 9.10. The lowest BCUT2D eigenvalue weighted by Gasteiger charge is -2.28. The third-order valence-corrected chi connectivity index (χ3v) is 3.54. The molecule has 1 saturated heterocycles. The van der Waals surface area contributed by atoms with Crippen LogP contribution in [0, 0.1) is 0 Å². The number of nitrogens with zero attached hydrogens (tertiary/aromatic N) is 2. The highest BCUT2D eigenvalue weighted by atomic mass is 16.5. The molecule has 0 bridgehead atoms. The molecule has 0 aromatic heterocycles. The van der Waals surface area contributed by atoms with Crippen LogP contribution in [0.1, 0.15) is 40.0 Å². The lowest BCUT2D eigenvalue weighted by Crippen LogP contribution is -2.44. The van der Waals surface area contributed by atoms with Crippen LogP contribution >= 0.6 is 0 Å². The van der Waals surface area contributed by atoms with Gasteiger partial charge >= 0.3 is 5.97 Å². The molecule has 5 heteroatoms. The Morgan fingerprint density at radius 3 is 2.47 bits per heavy atom. The first kappa shape index (κ1) is 16.0. The van der Waals surface area contributed by atoms with E-state index in [9.17, 15) is 9.59 Å².